The predicted molar refractivity (Wildman–Crippen MR) is 72.2 cm³/mol. The average molecular weight is 259 g/mol. The number of nitrogens with zero attached hydrogens (tertiary/aromatic N) is 1. The van der Waals surface area contributed by atoms with Crippen LogP contribution in [0.25, 0.3) is 0 Å². The maximum absolute atomic E-state index is 11.9. The van der Waals surface area contributed by atoms with E-state index in [1.165, 1.54) is 12.0 Å². The summed E-state index contributed by atoms with van der Waals surface area (Å²) in [4.78, 5) is 24.5. The minimum absolute atomic E-state index is 0.0629. The van der Waals surface area contributed by atoms with Crippen LogP contribution in [0.15, 0.2) is 30.3 Å². The molecule has 1 rings (SSSR count). The minimum atomic E-state index is -0.441. The molecule has 0 heterocycles. The largest absolute Gasteiger partial charge is 0.468 e. The standard InChI is InChI=1S/C15H17NO3/c1-3-11-16(12-15(18)19-2)14(17)10-9-13-7-5-4-6-8-13/h4-8H,3,11-12H2,1-2H3. The van der Waals surface area contributed by atoms with Gasteiger partial charge in [0, 0.05) is 18.0 Å². The fourth-order valence-corrected chi connectivity index (χ4v) is 1.47. The summed E-state index contributed by atoms with van der Waals surface area (Å²) in [5, 5.41) is 0. The fraction of sp³-hybridized carbons (Fsp3) is 0.333. The average Bonchev–Trinajstić information content (AvgIpc) is 2.45. The van der Waals surface area contributed by atoms with Crippen LogP contribution >= 0.6 is 0 Å². The van der Waals surface area contributed by atoms with Crippen molar-refractivity contribution in [3.05, 3.63) is 35.9 Å². The van der Waals surface area contributed by atoms with Crippen LogP contribution in [-0.4, -0.2) is 37.0 Å². The van der Waals surface area contributed by atoms with Crippen molar-refractivity contribution in [2.24, 2.45) is 0 Å². The van der Waals surface area contributed by atoms with E-state index in [0.717, 1.165) is 12.0 Å². The first-order valence-corrected chi connectivity index (χ1v) is 6.10. The number of carbonyl (C=O) groups is 2. The molecular weight excluding hydrogens is 242 g/mol. The number of benzene rings is 1. The highest BCUT2D eigenvalue weighted by atomic mass is 16.5. The number of hydrogen-bond acceptors (Lipinski definition) is 3. The van der Waals surface area contributed by atoms with E-state index in [0.29, 0.717) is 6.54 Å². The summed E-state index contributed by atoms with van der Waals surface area (Å²) in [6.45, 7) is 2.35. The Balaban J connectivity index is 2.72. The van der Waals surface area contributed by atoms with Gasteiger partial charge in [0.1, 0.15) is 6.54 Å². The van der Waals surface area contributed by atoms with Gasteiger partial charge >= 0.3 is 5.97 Å². The maximum Gasteiger partial charge on any atom is 0.325 e. The highest BCUT2D eigenvalue weighted by Gasteiger charge is 2.14. The summed E-state index contributed by atoms with van der Waals surface area (Å²) in [6.07, 6.45) is 0.760. The van der Waals surface area contributed by atoms with E-state index in [1.807, 2.05) is 37.3 Å². The Hall–Kier alpha value is -2.28. The lowest BCUT2D eigenvalue weighted by atomic mass is 10.2. The molecule has 0 aromatic heterocycles. The van der Waals surface area contributed by atoms with E-state index in [4.69, 9.17) is 0 Å². The van der Waals surface area contributed by atoms with Crippen LogP contribution in [0, 0.1) is 11.8 Å². The Morgan fingerprint density at radius 3 is 2.53 bits per heavy atom. The first-order valence-electron chi connectivity index (χ1n) is 6.10. The van der Waals surface area contributed by atoms with Crippen molar-refractivity contribution in [3.63, 3.8) is 0 Å². The van der Waals surface area contributed by atoms with Gasteiger partial charge in [0.2, 0.25) is 0 Å². The van der Waals surface area contributed by atoms with Gasteiger partial charge in [-0.2, -0.15) is 0 Å². The SMILES string of the molecule is CCCN(CC(=O)OC)C(=O)C#Cc1ccccc1. The second kappa shape index (κ2) is 7.93. The third-order valence-corrected chi connectivity index (χ3v) is 2.42. The summed E-state index contributed by atoms with van der Waals surface area (Å²) in [5.41, 5.74) is 0.769. The van der Waals surface area contributed by atoms with E-state index in [-0.39, 0.29) is 12.5 Å². The maximum atomic E-state index is 11.9. The van der Waals surface area contributed by atoms with Crippen LogP contribution in [-0.2, 0) is 14.3 Å². The van der Waals surface area contributed by atoms with Gasteiger partial charge in [-0.05, 0) is 18.6 Å². The molecule has 0 saturated carbocycles. The molecule has 100 valence electrons. The molecule has 0 saturated heterocycles. The first kappa shape index (κ1) is 14.8. The van der Waals surface area contributed by atoms with Crippen LogP contribution in [0.4, 0.5) is 0 Å². The lowest BCUT2D eigenvalue weighted by molar-refractivity contribution is -0.145. The van der Waals surface area contributed by atoms with Crippen molar-refractivity contribution in [1.82, 2.24) is 4.90 Å². The molecular formula is C15H17NO3. The number of carbonyl (C=O) groups excluding carboxylic acids is 2. The number of esters is 1. The topological polar surface area (TPSA) is 46.6 Å². The molecule has 0 fully saturated rings. The molecule has 0 bridgehead atoms. The molecule has 0 N–H and O–H groups in total. The van der Waals surface area contributed by atoms with Crippen LogP contribution < -0.4 is 0 Å². The molecule has 1 amide bonds. The van der Waals surface area contributed by atoms with Gasteiger partial charge in [0.05, 0.1) is 7.11 Å². The van der Waals surface area contributed by atoms with E-state index in [1.54, 1.807) is 0 Å². The Morgan fingerprint density at radius 1 is 1.26 bits per heavy atom. The van der Waals surface area contributed by atoms with Gasteiger partial charge in [0.15, 0.2) is 0 Å². The molecule has 1 aromatic rings. The molecule has 0 aliphatic carbocycles. The second-order valence-electron chi connectivity index (χ2n) is 3.92. The Morgan fingerprint density at radius 2 is 1.95 bits per heavy atom. The zero-order chi connectivity index (χ0) is 14.1. The van der Waals surface area contributed by atoms with Gasteiger partial charge in [-0.25, -0.2) is 0 Å². The van der Waals surface area contributed by atoms with Crippen molar-refractivity contribution in [2.75, 3.05) is 20.2 Å². The fourth-order valence-electron chi connectivity index (χ4n) is 1.47. The van der Waals surface area contributed by atoms with E-state index in [2.05, 4.69) is 16.6 Å². The van der Waals surface area contributed by atoms with Crippen LogP contribution in [0.5, 0.6) is 0 Å². The van der Waals surface area contributed by atoms with Crippen molar-refractivity contribution < 1.29 is 14.3 Å². The highest BCUT2D eigenvalue weighted by molar-refractivity contribution is 5.95. The van der Waals surface area contributed by atoms with Crippen LogP contribution in [0.1, 0.15) is 18.9 Å². The Labute approximate surface area is 113 Å². The van der Waals surface area contributed by atoms with E-state index >= 15 is 0 Å². The van der Waals surface area contributed by atoms with Gasteiger partial charge < -0.3 is 9.64 Å². The summed E-state index contributed by atoms with van der Waals surface area (Å²) in [6, 6.07) is 9.24. The van der Waals surface area contributed by atoms with E-state index in [9.17, 15) is 9.59 Å². The molecule has 0 atom stereocenters. The quantitative estimate of drug-likeness (QED) is 0.607. The number of methoxy groups -OCH3 is 1. The molecule has 0 aliphatic rings. The predicted octanol–water partition coefficient (Wildman–Crippen LogP) is 1.45. The molecule has 4 nitrogen and oxygen atoms in total. The van der Waals surface area contributed by atoms with Crippen molar-refractivity contribution in [3.8, 4) is 11.8 Å². The summed E-state index contributed by atoms with van der Waals surface area (Å²) in [7, 11) is 1.30. The number of ether oxygens (including phenoxy) is 1. The Bertz CT molecular complexity index is 485. The lowest BCUT2D eigenvalue weighted by Crippen LogP contribution is -2.35. The van der Waals surface area contributed by atoms with Gasteiger partial charge in [-0.1, -0.05) is 31.0 Å². The first-order chi connectivity index (χ1) is 9.17. The Kier molecular flexibility index (Phi) is 6.17. The van der Waals surface area contributed by atoms with E-state index < -0.39 is 5.97 Å². The van der Waals surface area contributed by atoms with Gasteiger partial charge in [-0.15, -0.1) is 0 Å². The van der Waals surface area contributed by atoms with Crippen LogP contribution in [0.2, 0.25) is 0 Å². The summed E-state index contributed by atoms with van der Waals surface area (Å²) in [5.74, 6) is 4.52. The molecule has 0 unspecified atom stereocenters. The highest BCUT2D eigenvalue weighted by Crippen LogP contribution is 1.97. The minimum Gasteiger partial charge on any atom is -0.468 e. The zero-order valence-electron chi connectivity index (χ0n) is 11.2. The number of amides is 1. The molecule has 0 radical (unpaired) electrons. The summed E-state index contributed by atoms with van der Waals surface area (Å²) >= 11 is 0. The normalized spacial score (nSPS) is 9.16. The third kappa shape index (κ3) is 5.26. The monoisotopic (exact) mass is 259 g/mol. The van der Waals surface area contributed by atoms with Crippen LogP contribution in [0.3, 0.4) is 0 Å². The zero-order valence-corrected chi connectivity index (χ0v) is 11.2. The van der Waals surface area contributed by atoms with Gasteiger partial charge in [0.25, 0.3) is 5.91 Å². The molecule has 1 aromatic carbocycles. The van der Waals surface area contributed by atoms with Gasteiger partial charge in [-0.3, -0.25) is 9.59 Å². The molecule has 4 heteroatoms. The third-order valence-electron chi connectivity index (χ3n) is 2.42. The molecule has 19 heavy (non-hydrogen) atoms. The van der Waals surface area contributed by atoms with Crippen molar-refractivity contribution in [1.29, 1.82) is 0 Å². The number of rotatable bonds is 4. The van der Waals surface area contributed by atoms with Crippen molar-refractivity contribution >= 4 is 11.9 Å². The second-order valence-corrected chi connectivity index (χ2v) is 3.92. The summed E-state index contributed by atoms with van der Waals surface area (Å²) < 4.78 is 4.56. The molecule has 0 spiro atoms. The lowest BCUT2D eigenvalue weighted by Gasteiger charge is -2.17. The van der Waals surface area contributed by atoms with Crippen molar-refractivity contribution in [2.45, 2.75) is 13.3 Å². The number of hydrogen-bond donors (Lipinski definition) is 0. The smallest absolute Gasteiger partial charge is 0.325 e. The molecule has 0 aliphatic heterocycles.